The van der Waals surface area contributed by atoms with Crippen LogP contribution in [-0.2, 0) is 27.0 Å². The van der Waals surface area contributed by atoms with Gasteiger partial charge in [-0.2, -0.15) is 12.1 Å². The number of ketones is 1. The first-order valence-electron chi connectivity index (χ1n) is 6.30. The third-order valence-electron chi connectivity index (χ3n) is 2.87. The van der Waals surface area contributed by atoms with Gasteiger partial charge in [-0.15, -0.1) is 6.07 Å². The molecule has 20 heavy (non-hydrogen) atoms. The maximum atomic E-state index is 12.1. The smallest absolute Gasteiger partial charge is 0.383 e. The standard InChI is InChI=1S/C17H18NO.Pd/c1-18(2,13-15-9-5-3-6-10-15)14-17(19)16-11-7-4-8-12-16;/h3-11,14H,13H2,1-2H3;/q-1;+2. The molecule has 3 heteroatoms. The molecule has 0 N–H and O–H groups in total. The minimum atomic E-state index is 0. The fourth-order valence-corrected chi connectivity index (χ4v) is 2.03. The second-order valence-electron chi connectivity index (χ2n) is 5.19. The molecular weight excluding hydrogens is 341 g/mol. The average Bonchev–Trinajstić information content (AvgIpc) is 2.39. The Morgan fingerprint density at radius 1 is 1.10 bits per heavy atom. The van der Waals surface area contributed by atoms with Gasteiger partial charge in [0.25, 0.3) is 0 Å². The van der Waals surface area contributed by atoms with Crippen LogP contribution in [0, 0.1) is 12.6 Å². The number of likely N-dealkylation sites (N-methyl/N-ethyl adjacent to an activating group) is 1. The summed E-state index contributed by atoms with van der Waals surface area (Å²) in [6, 6.07) is 20.4. The first-order chi connectivity index (χ1) is 9.07. The van der Waals surface area contributed by atoms with E-state index in [2.05, 4.69) is 18.2 Å². The fourth-order valence-electron chi connectivity index (χ4n) is 2.03. The van der Waals surface area contributed by atoms with Crippen LogP contribution in [0.3, 0.4) is 0 Å². The number of carbonyl (C=O) groups excluding carboxylic acids is 1. The third kappa shape index (κ3) is 4.94. The van der Waals surface area contributed by atoms with Gasteiger partial charge in [0.1, 0.15) is 0 Å². The topological polar surface area (TPSA) is 17.1 Å². The predicted octanol–water partition coefficient (Wildman–Crippen LogP) is 3.11. The van der Waals surface area contributed by atoms with Crippen molar-refractivity contribution in [3.05, 3.63) is 78.3 Å². The SMILES string of the molecule is C[N+](C)([CH-]C(=O)c1[c-]cccc1)Cc1ccccc1.[Pd+2]. The summed E-state index contributed by atoms with van der Waals surface area (Å²) in [6.45, 7) is 2.53. The van der Waals surface area contributed by atoms with Gasteiger partial charge in [0.2, 0.25) is 0 Å². The summed E-state index contributed by atoms with van der Waals surface area (Å²) in [6.07, 6.45) is 0. The largest absolute Gasteiger partial charge is 2.00 e. The molecule has 0 aliphatic rings. The maximum absolute atomic E-state index is 12.1. The Morgan fingerprint density at radius 2 is 1.75 bits per heavy atom. The number of carbonyl (C=O) groups is 1. The first-order valence-corrected chi connectivity index (χ1v) is 6.30. The first kappa shape index (κ1) is 16.7. The summed E-state index contributed by atoms with van der Waals surface area (Å²) in [4.78, 5) is 12.1. The fraction of sp³-hybridized carbons (Fsp3) is 0.176. The van der Waals surface area contributed by atoms with Crippen molar-refractivity contribution in [2.24, 2.45) is 0 Å². The summed E-state index contributed by atoms with van der Waals surface area (Å²) in [7, 11) is 4.04. The Kier molecular flexibility index (Phi) is 6.16. The molecule has 0 bridgehead atoms. The molecule has 2 nitrogen and oxygen atoms in total. The van der Waals surface area contributed by atoms with Crippen LogP contribution in [0.25, 0.3) is 0 Å². The molecule has 0 saturated heterocycles. The molecule has 0 fully saturated rings. The Morgan fingerprint density at radius 3 is 2.35 bits per heavy atom. The third-order valence-corrected chi connectivity index (χ3v) is 2.87. The van der Waals surface area contributed by atoms with Crippen LogP contribution in [0.5, 0.6) is 0 Å². The van der Waals surface area contributed by atoms with E-state index in [1.807, 2.05) is 44.4 Å². The minimum Gasteiger partial charge on any atom is -0.383 e. The van der Waals surface area contributed by atoms with E-state index in [9.17, 15) is 4.79 Å². The summed E-state index contributed by atoms with van der Waals surface area (Å²) in [5.74, 6) is 0.0153. The van der Waals surface area contributed by atoms with Gasteiger partial charge < -0.3 is 9.28 Å². The van der Waals surface area contributed by atoms with Gasteiger partial charge in [-0.25, -0.2) is 12.1 Å². The van der Waals surface area contributed by atoms with E-state index in [1.54, 1.807) is 18.7 Å². The van der Waals surface area contributed by atoms with E-state index in [0.717, 1.165) is 6.54 Å². The Bertz CT molecular complexity index is 537. The maximum Gasteiger partial charge on any atom is 2.00 e. The average molecular weight is 359 g/mol. The zero-order valence-corrected chi connectivity index (χ0v) is 13.2. The van der Waals surface area contributed by atoms with Gasteiger partial charge in [-0.1, -0.05) is 30.3 Å². The normalized spacial score (nSPS) is 10.5. The summed E-state index contributed by atoms with van der Waals surface area (Å²) >= 11 is 0. The van der Waals surface area contributed by atoms with Crippen LogP contribution in [0.4, 0.5) is 0 Å². The van der Waals surface area contributed by atoms with Crippen LogP contribution >= 0.6 is 0 Å². The molecule has 0 radical (unpaired) electrons. The molecule has 0 aliphatic heterocycles. The van der Waals surface area contributed by atoms with Crippen LogP contribution in [0.15, 0.2) is 54.6 Å². The van der Waals surface area contributed by atoms with Gasteiger partial charge in [-0.05, 0) is 12.3 Å². The van der Waals surface area contributed by atoms with E-state index in [-0.39, 0.29) is 26.2 Å². The number of Topliss-reactive ketones (excluding diaryl/α,β-unsaturated/α-hetero) is 1. The van der Waals surface area contributed by atoms with Crippen molar-refractivity contribution in [3.63, 3.8) is 0 Å². The molecule has 0 aromatic heterocycles. The number of hydrogen-bond donors (Lipinski definition) is 0. The number of nitrogens with zero attached hydrogens (tertiary/aromatic N) is 1. The predicted molar refractivity (Wildman–Crippen MR) is 76.2 cm³/mol. The van der Waals surface area contributed by atoms with Gasteiger partial charge in [-0.3, -0.25) is 5.56 Å². The van der Waals surface area contributed by atoms with E-state index in [0.29, 0.717) is 10.0 Å². The molecule has 0 atom stereocenters. The van der Waals surface area contributed by atoms with Crippen LogP contribution in [-0.4, -0.2) is 24.4 Å². The Hall–Kier alpha value is -1.40. The molecule has 2 aromatic carbocycles. The van der Waals surface area contributed by atoms with Crippen molar-refractivity contribution < 1.29 is 29.7 Å². The second-order valence-corrected chi connectivity index (χ2v) is 5.19. The monoisotopic (exact) mass is 358 g/mol. The van der Waals surface area contributed by atoms with Gasteiger partial charge >= 0.3 is 20.4 Å². The van der Waals surface area contributed by atoms with Crippen LogP contribution in [0.1, 0.15) is 15.9 Å². The van der Waals surface area contributed by atoms with Crippen molar-refractivity contribution in [1.29, 1.82) is 0 Å². The quantitative estimate of drug-likeness (QED) is 0.347. The van der Waals surface area contributed by atoms with Gasteiger partial charge in [0.15, 0.2) is 0 Å². The van der Waals surface area contributed by atoms with E-state index >= 15 is 0 Å². The molecule has 0 saturated carbocycles. The molecule has 0 heterocycles. The summed E-state index contributed by atoms with van der Waals surface area (Å²) < 4.78 is 0.519. The van der Waals surface area contributed by atoms with Gasteiger partial charge in [0.05, 0.1) is 20.6 Å². The number of rotatable bonds is 5. The molecule has 2 aromatic rings. The van der Waals surface area contributed by atoms with E-state index in [1.165, 1.54) is 5.56 Å². The molecule has 0 spiro atoms. The van der Waals surface area contributed by atoms with Crippen molar-refractivity contribution in [1.82, 2.24) is 0 Å². The molecular formula is C17H18NOPd+. The van der Waals surface area contributed by atoms with Crippen LogP contribution in [0.2, 0.25) is 0 Å². The van der Waals surface area contributed by atoms with Crippen LogP contribution < -0.4 is 0 Å². The molecule has 0 aliphatic carbocycles. The number of quaternary nitrogens is 1. The van der Waals surface area contributed by atoms with Crippen molar-refractivity contribution >= 4 is 5.78 Å². The summed E-state index contributed by atoms with van der Waals surface area (Å²) in [5.41, 5.74) is 1.83. The van der Waals surface area contributed by atoms with Crippen molar-refractivity contribution in [2.45, 2.75) is 6.54 Å². The van der Waals surface area contributed by atoms with E-state index in [4.69, 9.17) is 0 Å². The van der Waals surface area contributed by atoms with Gasteiger partial charge in [0, 0.05) is 5.56 Å². The summed E-state index contributed by atoms with van der Waals surface area (Å²) in [5, 5.41) is 0. The zero-order chi connectivity index (χ0) is 13.7. The van der Waals surface area contributed by atoms with Crippen molar-refractivity contribution in [2.75, 3.05) is 14.1 Å². The number of hydrogen-bond acceptors (Lipinski definition) is 1. The Labute approximate surface area is 134 Å². The Balaban J connectivity index is 0.00000200. The van der Waals surface area contributed by atoms with E-state index < -0.39 is 0 Å². The second kappa shape index (κ2) is 7.40. The molecule has 106 valence electrons. The molecule has 0 unspecified atom stereocenters. The molecule has 2 rings (SSSR count). The van der Waals surface area contributed by atoms with Crippen molar-refractivity contribution in [3.8, 4) is 0 Å². The molecule has 0 amide bonds. The minimum absolute atomic E-state index is 0. The number of benzene rings is 2. The zero-order valence-electron chi connectivity index (χ0n) is 11.7.